The fourth-order valence-corrected chi connectivity index (χ4v) is 4.43. The molecule has 1 aromatic carbocycles. The lowest BCUT2D eigenvalue weighted by Gasteiger charge is -2.17. The number of hydrogen-bond acceptors (Lipinski definition) is 5. The molecule has 0 aliphatic heterocycles. The Balaban J connectivity index is 2.00. The molecule has 31 heavy (non-hydrogen) atoms. The molecule has 7 heteroatoms. The van der Waals surface area contributed by atoms with Crippen molar-refractivity contribution in [2.45, 2.75) is 58.6 Å². The third kappa shape index (κ3) is 5.60. The van der Waals surface area contributed by atoms with Crippen LogP contribution in [0.15, 0.2) is 36.4 Å². The average molecular weight is 442 g/mol. The summed E-state index contributed by atoms with van der Waals surface area (Å²) < 4.78 is 29.4. The van der Waals surface area contributed by atoms with Crippen molar-refractivity contribution in [2.24, 2.45) is 0 Å². The van der Waals surface area contributed by atoms with Gasteiger partial charge in [0.25, 0.3) is 0 Å². The zero-order valence-electron chi connectivity index (χ0n) is 18.3. The molecule has 2 heterocycles. The maximum absolute atomic E-state index is 11.7. The zero-order chi connectivity index (χ0) is 22.4. The Labute approximate surface area is 185 Å². The summed E-state index contributed by atoms with van der Waals surface area (Å²) in [5, 5.41) is 4.83. The first-order valence-electron chi connectivity index (χ1n) is 10.8. The minimum absolute atomic E-state index is 0.00964. The third-order valence-electron chi connectivity index (χ3n) is 5.40. The lowest BCUT2D eigenvalue weighted by molar-refractivity contribution is -0.143. The van der Waals surface area contributed by atoms with Crippen LogP contribution in [0.25, 0.3) is 16.6 Å². The van der Waals surface area contributed by atoms with Crippen molar-refractivity contribution in [2.75, 3.05) is 6.61 Å². The number of ether oxygens (including phenoxy) is 1. The van der Waals surface area contributed by atoms with Crippen molar-refractivity contribution in [3.63, 3.8) is 0 Å². The summed E-state index contributed by atoms with van der Waals surface area (Å²) in [6, 6.07) is 11.9. The molecule has 0 bridgehead atoms. The van der Waals surface area contributed by atoms with Crippen LogP contribution in [0.4, 0.5) is 0 Å². The number of aryl methyl sites for hydroxylation is 2. The van der Waals surface area contributed by atoms with Gasteiger partial charge in [-0.3, -0.25) is 9.00 Å². The second-order valence-electron chi connectivity index (χ2n) is 7.57. The Bertz CT molecular complexity index is 1090. The Kier molecular flexibility index (Phi) is 7.98. The SMILES string of the molecule is CCOC(=O)CCCCc1c(C)nn2c(CC)ccc2c1-c1cccc(CS(=O)[O-])c1. The van der Waals surface area contributed by atoms with Gasteiger partial charge in [-0.1, -0.05) is 42.3 Å². The molecule has 166 valence electrons. The fourth-order valence-electron chi connectivity index (χ4n) is 3.98. The van der Waals surface area contributed by atoms with Crippen molar-refractivity contribution >= 4 is 22.6 Å². The number of esters is 1. The number of rotatable bonds is 10. The van der Waals surface area contributed by atoms with Crippen molar-refractivity contribution in [1.29, 1.82) is 0 Å². The number of unbranched alkanes of at least 4 members (excludes halogenated alkanes) is 1. The molecule has 0 spiro atoms. The molecular weight excluding hydrogens is 412 g/mol. The van der Waals surface area contributed by atoms with Crippen molar-refractivity contribution in [3.05, 3.63) is 58.9 Å². The molecule has 0 amide bonds. The topological polar surface area (TPSA) is 83.7 Å². The van der Waals surface area contributed by atoms with E-state index in [-0.39, 0.29) is 11.7 Å². The Hall–Kier alpha value is -2.51. The van der Waals surface area contributed by atoms with E-state index in [9.17, 15) is 13.6 Å². The van der Waals surface area contributed by atoms with E-state index in [0.717, 1.165) is 64.8 Å². The summed E-state index contributed by atoms with van der Waals surface area (Å²) in [5.41, 5.74) is 7.06. The summed E-state index contributed by atoms with van der Waals surface area (Å²) in [6.07, 6.45) is 3.66. The maximum atomic E-state index is 11.7. The molecule has 0 radical (unpaired) electrons. The Morgan fingerprint density at radius 3 is 2.71 bits per heavy atom. The van der Waals surface area contributed by atoms with Crippen LogP contribution in [0, 0.1) is 6.92 Å². The van der Waals surface area contributed by atoms with E-state index in [1.165, 1.54) is 0 Å². The van der Waals surface area contributed by atoms with Gasteiger partial charge in [0, 0.05) is 23.4 Å². The van der Waals surface area contributed by atoms with Crippen molar-refractivity contribution < 1.29 is 18.3 Å². The Morgan fingerprint density at radius 2 is 2.00 bits per heavy atom. The van der Waals surface area contributed by atoms with Crippen molar-refractivity contribution in [3.8, 4) is 11.1 Å². The lowest BCUT2D eigenvalue weighted by Crippen LogP contribution is -2.07. The van der Waals surface area contributed by atoms with E-state index >= 15 is 0 Å². The highest BCUT2D eigenvalue weighted by molar-refractivity contribution is 7.78. The van der Waals surface area contributed by atoms with Crippen LogP contribution in [-0.2, 0) is 39.2 Å². The molecule has 2 aromatic heterocycles. The number of carbonyl (C=O) groups is 1. The van der Waals surface area contributed by atoms with E-state index in [4.69, 9.17) is 9.84 Å². The van der Waals surface area contributed by atoms with Crippen LogP contribution < -0.4 is 0 Å². The number of hydrogen-bond donors (Lipinski definition) is 0. The predicted octanol–water partition coefficient (Wildman–Crippen LogP) is 4.53. The first-order valence-corrected chi connectivity index (χ1v) is 12.0. The van der Waals surface area contributed by atoms with Gasteiger partial charge in [-0.15, -0.1) is 0 Å². The first kappa shape index (κ1) is 23.2. The lowest BCUT2D eigenvalue weighted by atomic mass is 9.94. The van der Waals surface area contributed by atoms with Gasteiger partial charge in [0.15, 0.2) is 0 Å². The molecule has 3 rings (SSSR count). The Morgan fingerprint density at radius 1 is 1.19 bits per heavy atom. The molecule has 1 atom stereocenters. The minimum atomic E-state index is -2.14. The molecule has 0 fully saturated rings. The van der Waals surface area contributed by atoms with Gasteiger partial charge in [0.2, 0.25) is 0 Å². The van der Waals surface area contributed by atoms with Crippen LogP contribution >= 0.6 is 0 Å². The van der Waals surface area contributed by atoms with E-state index in [1.807, 2.05) is 42.6 Å². The molecule has 0 aliphatic rings. The summed E-state index contributed by atoms with van der Waals surface area (Å²) in [7, 11) is 0. The second kappa shape index (κ2) is 10.7. The van der Waals surface area contributed by atoms with Gasteiger partial charge in [-0.2, -0.15) is 5.10 Å². The highest BCUT2D eigenvalue weighted by Gasteiger charge is 2.17. The number of carbonyl (C=O) groups excluding carboxylic acids is 1. The molecule has 0 saturated carbocycles. The summed E-state index contributed by atoms with van der Waals surface area (Å²) in [4.78, 5) is 11.7. The molecule has 0 aliphatic carbocycles. The zero-order valence-corrected chi connectivity index (χ0v) is 19.2. The predicted molar refractivity (Wildman–Crippen MR) is 122 cm³/mol. The summed E-state index contributed by atoms with van der Waals surface area (Å²) in [5.74, 6) is -0.171. The van der Waals surface area contributed by atoms with Crippen LogP contribution in [0.3, 0.4) is 0 Å². The monoisotopic (exact) mass is 441 g/mol. The van der Waals surface area contributed by atoms with E-state index in [0.29, 0.717) is 13.0 Å². The summed E-state index contributed by atoms with van der Waals surface area (Å²) in [6.45, 7) is 6.33. The van der Waals surface area contributed by atoms with Crippen molar-refractivity contribution in [1.82, 2.24) is 9.61 Å². The molecule has 0 saturated heterocycles. The van der Waals surface area contributed by atoms with Crippen LogP contribution in [0.5, 0.6) is 0 Å². The van der Waals surface area contributed by atoms with E-state index < -0.39 is 11.1 Å². The fraction of sp³-hybridized carbons (Fsp3) is 0.417. The van der Waals surface area contributed by atoms with Crippen LogP contribution in [0.2, 0.25) is 0 Å². The number of fused-ring (bicyclic) bond motifs is 1. The number of aromatic nitrogens is 2. The highest BCUT2D eigenvalue weighted by atomic mass is 32.2. The second-order valence-corrected chi connectivity index (χ2v) is 8.47. The van der Waals surface area contributed by atoms with Gasteiger partial charge in [0.1, 0.15) is 0 Å². The molecular formula is C24H29N2O4S-. The van der Waals surface area contributed by atoms with E-state index in [2.05, 4.69) is 19.1 Å². The average Bonchev–Trinajstić information content (AvgIpc) is 3.13. The van der Waals surface area contributed by atoms with Crippen LogP contribution in [-0.4, -0.2) is 31.0 Å². The largest absolute Gasteiger partial charge is 0.772 e. The third-order valence-corrected chi connectivity index (χ3v) is 5.97. The van der Waals surface area contributed by atoms with Gasteiger partial charge in [0.05, 0.1) is 17.8 Å². The molecule has 6 nitrogen and oxygen atoms in total. The van der Waals surface area contributed by atoms with Gasteiger partial charge < -0.3 is 9.29 Å². The first-order chi connectivity index (χ1) is 14.9. The van der Waals surface area contributed by atoms with E-state index in [1.54, 1.807) is 0 Å². The number of nitrogens with zero attached hydrogens (tertiary/aromatic N) is 2. The maximum Gasteiger partial charge on any atom is 0.305 e. The summed E-state index contributed by atoms with van der Waals surface area (Å²) >= 11 is -2.14. The van der Waals surface area contributed by atoms with Gasteiger partial charge >= 0.3 is 5.97 Å². The highest BCUT2D eigenvalue weighted by Crippen LogP contribution is 2.33. The quantitative estimate of drug-likeness (QED) is 0.262. The standard InChI is InChI=1S/C24H30N2O4S/c1-4-20-13-14-22-24(19-10-8-9-18(15-19)16-31(28)29)21(17(3)25-26(20)22)11-6-7-12-23(27)30-5-2/h8-10,13-15H,4-7,11-12,16H2,1-3H3,(H,28,29)/p-1. The molecule has 1 unspecified atom stereocenters. The number of benzene rings is 1. The minimum Gasteiger partial charge on any atom is -0.772 e. The van der Waals surface area contributed by atoms with Crippen LogP contribution in [0.1, 0.15) is 55.6 Å². The van der Waals surface area contributed by atoms with Gasteiger partial charge in [-0.25, -0.2) is 4.52 Å². The van der Waals surface area contributed by atoms with Gasteiger partial charge in [-0.05, 0) is 68.4 Å². The normalized spacial score (nSPS) is 12.3. The molecule has 0 N–H and O–H groups in total. The smallest absolute Gasteiger partial charge is 0.305 e. The molecule has 3 aromatic rings.